The van der Waals surface area contributed by atoms with Gasteiger partial charge in [-0.2, -0.15) is 4.98 Å². The van der Waals surface area contributed by atoms with Gasteiger partial charge in [0, 0.05) is 23.5 Å². The Morgan fingerprint density at radius 3 is 2.71 bits per heavy atom. The average Bonchev–Trinajstić information content (AvgIpc) is 3.15. The first-order valence-corrected chi connectivity index (χ1v) is 8.83. The van der Waals surface area contributed by atoms with E-state index >= 15 is 0 Å². The van der Waals surface area contributed by atoms with Crippen LogP contribution >= 0.6 is 11.8 Å². The molecule has 126 valence electrons. The Morgan fingerprint density at radius 1 is 1.25 bits per heavy atom. The number of hydrogen-bond donors (Lipinski definition) is 0. The lowest BCUT2D eigenvalue weighted by Crippen LogP contribution is -2.13. The van der Waals surface area contributed by atoms with E-state index < -0.39 is 0 Å². The fraction of sp³-hybridized carbons (Fsp3) is 0.389. The molecule has 1 atom stereocenters. The number of rotatable bonds is 4. The summed E-state index contributed by atoms with van der Waals surface area (Å²) in [4.78, 5) is 9.02. The van der Waals surface area contributed by atoms with Crippen molar-refractivity contribution in [2.45, 2.75) is 50.4 Å². The smallest absolute Gasteiger partial charge is 0.239 e. The normalized spacial score (nSPS) is 13.2. The quantitative estimate of drug-likeness (QED) is 0.642. The van der Waals surface area contributed by atoms with E-state index in [0.717, 1.165) is 16.7 Å². The third kappa shape index (κ3) is 3.53. The molecule has 0 fully saturated rings. The van der Waals surface area contributed by atoms with E-state index in [9.17, 15) is 0 Å². The molecule has 0 aliphatic carbocycles. The van der Waals surface area contributed by atoms with Crippen LogP contribution in [0.25, 0.3) is 5.69 Å². The van der Waals surface area contributed by atoms with Crippen molar-refractivity contribution in [2.24, 2.45) is 0 Å². The van der Waals surface area contributed by atoms with Gasteiger partial charge in [0.25, 0.3) is 0 Å². The van der Waals surface area contributed by atoms with Gasteiger partial charge in [-0.25, -0.2) is 4.98 Å². The molecule has 0 bridgehead atoms. The molecule has 0 saturated heterocycles. The van der Waals surface area contributed by atoms with Crippen molar-refractivity contribution in [1.29, 1.82) is 0 Å². The van der Waals surface area contributed by atoms with Gasteiger partial charge < -0.3 is 4.52 Å². The second kappa shape index (κ2) is 6.43. The zero-order chi connectivity index (χ0) is 17.3. The van der Waals surface area contributed by atoms with Crippen LogP contribution in [-0.4, -0.2) is 19.7 Å². The summed E-state index contributed by atoms with van der Waals surface area (Å²) in [5.74, 6) is 1.36. The summed E-state index contributed by atoms with van der Waals surface area (Å²) in [6.07, 6.45) is 3.78. The van der Waals surface area contributed by atoms with Crippen molar-refractivity contribution in [2.75, 3.05) is 0 Å². The van der Waals surface area contributed by atoms with E-state index in [0.29, 0.717) is 5.89 Å². The van der Waals surface area contributed by atoms with Crippen molar-refractivity contribution in [3.05, 3.63) is 53.9 Å². The third-order valence-corrected chi connectivity index (χ3v) is 4.70. The standard InChI is InChI=1S/C18H22N4OS/c1-12-7-6-8-14(11-12)22-10-9-19-17(22)24-13(2)15-20-16(21-23-15)18(3,4)5/h6-11,13H,1-5H3. The van der Waals surface area contributed by atoms with Gasteiger partial charge in [0.15, 0.2) is 11.0 Å². The summed E-state index contributed by atoms with van der Waals surface area (Å²) in [6, 6.07) is 8.35. The van der Waals surface area contributed by atoms with Gasteiger partial charge in [-0.1, -0.05) is 49.8 Å². The Bertz CT molecular complexity index is 831. The highest BCUT2D eigenvalue weighted by atomic mass is 32.2. The summed E-state index contributed by atoms with van der Waals surface area (Å²) >= 11 is 1.61. The fourth-order valence-corrected chi connectivity index (χ4v) is 3.18. The van der Waals surface area contributed by atoms with E-state index in [-0.39, 0.29) is 10.7 Å². The summed E-state index contributed by atoms with van der Waals surface area (Å²) in [5.41, 5.74) is 2.20. The van der Waals surface area contributed by atoms with Crippen LogP contribution < -0.4 is 0 Å². The minimum Gasteiger partial charge on any atom is -0.338 e. The molecule has 5 nitrogen and oxygen atoms in total. The van der Waals surface area contributed by atoms with Gasteiger partial charge in [-0.05, 0) is 31.5 Å². The zero-order valence-electron chi connectivity index (χ0n) is 14.6. The topological polar surface area (TPSA) is 56.7 Å². The van der Waals surface area contributed by atoms with Crippen LogP contribution in [0.1, 0.15) is 50.2 Å². The highest BCUT2D eigenvalue weighted by Gasteiger charge is 2.24. The van der Waals surface area contributed by atoms with Crippen molar-refractivity contribution >= 4 is 11.8 Å². The maximum atomic E-state index is 5.45. The molecule has 0 aliphatic rings. The van der Waals surface area contributed by atoms with Crippen LogP contribution in [0.2, 0.25) is 0 Å². The van der Waals surface area contributed by atoms with E-state index in [2.05, 4.69) is 78.6 Å². The monoisotopic (exact) mass is 342 g/mol. The van der Waals surface area contributed by atoms with Crippen molar-refractivity contribution in [1.82, 2.24) is 19.7 Å². The van der Waals surface area contributed by atoms with E-state index in [1.54, 1.807) is 11.8 Å². The lowest BCUT2D eigenvalue weighted by molar-refractivity contribution is 0.364. The van der Waals surface area contributed by atoms with Crippen molar-refractivity contribution < 1.29 is 4.52 Å². The average molecular weight is 342 g/mol. The number of thioether (sulfide) groups is 1. The van der Waals surface area contributed by atoms with Gasteiger partial charge in [0.2, 0.25) is 5.89 Å². The minimum absolute atomic E-state index is 0.0274. The lowest BCUT2D eigenvalue weighted by atomic mass is 9.96. The summed E-state index contributed by atoms with van der Waals surface area (Å²) in [6.45, 7) is 10.4. The Balaban J connectivity index is 1.82. The van der Waals surface area contributed by atoms with Gasteiger partial charge in [0.05, 0.1) is 5.25 Å². The first kappa shape index (κ1) is 16.8. The van der Waals surface area contributed by atoms with Gasteiger partial charge in [-0.15, -0.1) is 0 Å². The van der Waals surface area contributed by atoms with Crippen LogP contribution in [0.4, 0.5) is 0 Å². The Kier molecular flexibility index (Phi) is 4.49. The number of hydrogen-bond acceptors (Lipinski definition) is 5. The molecule has 0 radical (unpaired) electrons. The first-order chi connectivity index (χ1) is 11.3. The number of imidazole rings is 1. The van der Waals surface area contributed by atoms with Gasteiger partial charge >= 0.3 is 0 Å². The number of aromatic nitrogens is 4. The molecule has 1 aromatic carbocycles. The van der Waals surface area contributed by atoms with Crippen molar-refractivity contribution in [3.63, 3.8) is 0 Å². The largest absolute Gasteiger partial charge is 0.338 e. The highest BCUT2D eigenvalue weighted by molar-refractivity contribution is 7.99. The van der Waals surface area contributed by atoms with Crippen LogP contribution in [0.3, 0.4) is 0 Å². The highest BCUT2D eigenvalue weighted by Crippen LogP contribution is 2.35. The molecular weight excluding hydrogens is 320 g/mol. The molecule has 0 saturated carbocycles. The molecule has 2 heterocycles. The summed E-state index contributed by atoms with van der Waals surface area (Å²) in [7, 11) is 0. The second-order valence-electron chi connectivity index (χ2n) is 6.89. The van der Waals surface area contributed by atoms with E-state index in [1.165, 1.54) is 5.56 Å². The maximum Gasteiger partial charge on any atom is 0.239 e. The minimum atomic E-state index is -0.119. The molecule has 0 N–H and O–H groups in total. The Labute approximate surface area is 146 Å². The molecule has 3 aromatic rings. The van der Waals surface area contributed by atoms with E-state index in [4.69, 9.17) is 4.52 Å². The Hall–Kier alpha value is -2.08. The molecule has 0 spiro atoms. The zero-order valence-corrected chi connectivity index (χ0v) is 15.5. The number of benzene rings is 1. The van der Waals surface area contributed by atoms with Crippen LogP contribution in [0, 0.1) is 6.92 Å². The molecule has 0 aliphatic heterocycles. The summed E-state index contributed by atoms with van der Waals surface area (Å²) in [5, 5.41) is 5.04. The van der Waals surface area contributed by atoms with E-state index in [1.807, 2.05) is 12.4 Å². The maximum absolute atomic E-state index is 5.45. The molecule has 1 unspecified atom stereocenters. The fourth-order valence-electron chi connectivity index (χ4n) is 2.26. The first-order valence-electron chi connectivity index (χ1n) is 7.96. The lowest BCUT2D eigenvalue weighted by Gasteiger charge is -2.12. The Morgan fingerprint density at radius 2 is 2.04 bits per heavy atom. The second-order valence-corrected chi connectivity index (χ2v) is 8.19. The van der Waals surface area contributed by atoms with Gasteiger partial charge in [-0.3, -0.25) is 4.57 Å². The van der Waals surface area contributed by atoms with Crippen LogP contribution in [0.15, 0.2) is 46.3 Å². The van der Waals surface area contributed by atoms with Crippen molar-refractivity contribution in [3.8, 4) is 5.69 Å². The molecule has 2 aromatic heterocycles. The number of aryl methyl sites for hydroxylation is 1. The number of nitrogens with zero attached hydrogens (tertiary/aromatic N) is 4. The third-order valence-electron chi connectivity index (χ3n) is 3.63. The summed E-state index contributed by atoms with van der Waals surface area (Å²) < 4.78 is 7.53. The molecular formula is C18H22N4OS. The van der Waals surface area contributed by atoms with Crippen LogP contribution in [0.5, 0.6) is 0 Å². The van der Waals surface area contributed by atoms with Crippen LogP contribution in [-0.2, 0) is 5.41 Å². The molecule has 0 amide bonds. The predicted octanol–water partition coefficient (Wildman–Crippen LogP) is 4.71. The predicted molar refractivity (Wildman–Crippen MR) is 95.6 cm³/mol. The van der Waals surface area contributed by atoms with Gasteiger partial charge in [0.1, 0.15) is 0 Å². The molecule has 6 heteroatoms. The molecule has 3 rings (SSSR count). The molecule has 24 heavy (non-hydrogen) atoms. The SMILES string of the molecule is Cc1cccc(-n2ccnc2SC(C)c2nc(C(C)(C)C)no2)c1.